The number of rotatable bonds is 24. The lowest BCUT2D eigenvalue weighted by Crippen LogP contribution is -2.45. The lowest BCUT2D eigenvalue weighted by atomic mass is 10.0. The number of nitrogens with one attached hydrogen (secondary N) is 4. The van der Waals surface area contributed by atoms with Crippen molar-refractivity contribution in [2.75, 3.05) is 103 Å². The molecule has 0 radical (unpaired) electrons. The first-order valence-electron chi connectivity index (χ1n) is 27.8. The molecule has 2 saturated heterocycles. The van der Waals surface area contributed by atoms with E-state index in [1.165, 1.54) is 0 Å². The minimum absolute atomic E-state index is 0.0575. The Morgan fingerprint density at radius 3 is 1.48 bits per heavy atom. The molecule has 0 atom stereocenters. The maximum absolute atomic E-state index is 14.5. The second kappa shape index (κ2) is 25.6. The van der Waals surface area contributed by atoms with Crippen molar-refractivity contribution in [1.29, 1.82) is 0 Å². The van der Waals surface area contributed by atoms with E-state index in [1.807, 2.05) is 15.3 Å². The van der Waals surface area contributed by atoms with Gasteiger partial charge in [-0.1, -0.05) is 27.7 Å². The summed E-state index contributed by atoms with van der Waals surface area (Å²) in [6.07, 6.45) is 10.1. The van der Waals surface area contributed by atoms with E-state index in [0.29, 0.717) is 88.0 Å². The van der Waals surface area contributed by atoms with Crippen LogP contribution in [0.5, 0.6) is 0 Å². The number of aryl methyl sites for hydroxylation is 4. The van der Waals surface area contributed by atoms with Crippen LogP contribution in [0.1, 0.15) is 116 Å². The standard InChI is InChI=1S/C58H81N15O6/c1-38(2)13-19-71-34-41(30-49(71)57(78)63-42-31-47(67(7)35-42)55(76)61-15-9-17-69-25-21-65(5)22-26-69)51-45-29-40(53(59)74)11-12-46(45)73(52(51)54(60)75)44-33-50(72(37-44)20-14-39(3)4)58(79)64-43-32-48(68(8)36-43)56(77)62-16-10-18-70-27-23-66(6)24-28-70/h11-12,29-39H,9-10,13-28H2,1-8H3,(H2,59,74)(H2,60,75)(H,61,76)(H,62,77)(H,63,78)(H,64,79). The van der Waals surface area contributed by atoms with Crippen LogP contribution in [0.4, 0.5) is 11.4 Å². The van der Waals surface area contributed by atoms with Crippen LogP contribution in [-0.2, 0) is 27.2 Å². The number of carbonyl (C=O) groups is 6. The monoisotopic (exact) mass is 1080 g/mol. The summed E-state index contributed by atoms with van der Waals surface area (Å²) in [4.78, 5) is 92.1. The molecule has 21 heteroatoms. The number of piperazine rings is 2. The third-order valence-corrected chi connectivity index (χ3v) is 15.2. The number of aromatic nitrogens is 5. The van der Waals surface area contributed by atoms with Gasteiger partial charge in [-0.05, 0) is 107 Å². The summed E-state index contributed by atoms with van der Waals surface area (Å²) in [5.74, 6) is -2.27. The minimum atomic E-state index is -0.794. The van der Waals surface area contributed by atoms with E-state index >= 15 is 0 Å². The summed E-state index contributed by atoms with van der Waals surface area (Å²) >= 11 is 0. The Kier molecular flexibility index (Phi) is 18.7. The van der Waals surface area contributed by atoms with Gasteiger partial charge in [0.2, 0.25) is 5.91 Å². The number of carbonyl (C=O) groups excluding carboxylic acids is 6. The number of anilines is 2. The van der Waals surface area contributed by atoms with Crippen LogP contribution in [0.2, 0.25) is 0 Å². The molecule has 0 saturated carbocycles. The zero-order valence-electron chi connectivity index (χ0n) is 47.4. The molecule has 7 heterocycles. The highest BCUT2D eigenvalue weighted by atomic mass is 16.2. The topological polar surface area (TPSA) is 240 Å². The summed E-state index contributed by atoms with van der Waals surface area (Å²) in [6.45, 7) is 20.3. The zero-order chi connectivity index (χ0) is 56.7. The van der Waals surface area contributed by atoms with Gasteiger partial charge in [0.15, 0.2) is 0 Å². The molecule has 6 amide bonds. The van der Waals surface area contributed by atoms with E-state index in [4.69, 9.17) is 11.5 Å². The molecule has 424 valence electrons. The van der Waals surface area contributed by atoms with Crippen molar-refractivity contribution >= 4 is 57.7 Å². The molecular weight excluding hydrogens is 1000 g/mol. The summed E-state index contributed by atoms with van der Waals surface area (Å²) < 4.78 is 8.73. The summed E-state index contributed by atoms with van der Waals surface area (Å²) in [6, 6.07) is 11.6. The normalized spacial score (nSPS) is 14.9. The maximum atomic E-state index is 14.5. The molecule has 2 aliphatic rings. The molecule has 5 aromatic heterocycles. The third kappa shape index (κ3) is 14.1. The highest BCUT2D eigenvalue weighted by Gasteiger charge is 2.29. The number of nitrogens with two attached hydrogens (primary N) is 2. The van der Waals surface area contributed by atoms with Gasteiger partial charge in [0.05, 0.1) is 22.6 Å². The van der Waals surface area contributed by atoms with Gasteiger partial charge in [-0.25, -0.2) is 0 Å². The van der Waals surface area contributed by atoms with Gasteiger partial charge in [0, 0.05) is 139 Å². The number of hydrogen-bond donors (Lipinski definition) is 6. The van der Waals surface area contributed by atoms with E-state index in [-0.39, 0.29) is 34.9 Å². The minimum Gasteiger partial charge on any atom is -0.366 e. The van der Waals surface area contributed by atoms with Gasteiger partial charge in [-0.15, -0.1) is 0 Å². The number of benzene rings is 1. The molecule has 21 nitrogen and oxygen atoms in total. The first kappa shape index (κ1) is 57.7. The molecule has 0 aliphatic carbocycles. The smallest absolute Gasteiger partial charge is 0.272 e. The van der Waals surface area contributed by atoms with Gasteiger partial charge in [-0.2, -0.15) is 0 Å². The Balaban J connectivity index is 1.08. The summed E-state index contributed by atoms with van der Waals surface area (Å²) in [5, 5.41) is 12.5. The van der Waals surface area contributed by atoms with E-state index < -0.39 is 23.6 Å². The van der Waals surface area contributed by atoms with Crippen LogP contribution in [0.15, 0.2) is 67.3 Å². The van der Waals surface area contributed by atoms with Gasteiger partial charge < -0.3 is 75.2 Å². The molecule has 2 fully saturated rings. The Morgan fingerprint density at radius 1 is 0.532 bits per heavy atom. The lowest BCUT2D eigenvalue weighted by molar-refractivity contribution is 0.0933. The lowest BCUT2D eigenvalue weighted by Gasteiger charge is -2.32. The van der Waals surface area contributed by atoms with Crippen LogP contribution in [0.3, 0.4) is 0 Å². The molecule has 2 aliphatic heterocycles. The Hall–Kier alpha value is -7.46. The Labute approximate surface area is 463 Å². The predicted octanol–water partition coefficient (Wildman–Crippen LogP) is 5.11. The highest BCUT2D eigenvalue weighted by molar-refractivity contribution is 6.14. The van der Waals surface area contributed by atoms with E-state index in [9.17, 15) is 28.8 Å². The summed E-state index contributed by atoms with van der Waals surface area (Å²) in [5.41, 5.74) is 16.5. The fraction of sp³-hybridized carbons (Fsp3) is 0.483. The number of nitrogens with zero attached hydrogens (tertiary/aromatic N) is 9. The molecule has 8 rings (SSSR count). The number of amides is 6. The zero-order valence-corrected chi connectivity index (χ0v) is 47.4. The van der Waals surface area contributed by atoms with E-state index in [2.05, 4.69) is 82.7 Å². The third-order valence-electron chi connectivity index (χ3n) is 15.2. The molecule has 1 aromatic carbocycles. The van der Waals surface area contributed by atoms with E-state index in [0.717, 1.165) is 91.1 Å². The molecule has 8 N–H and O–H groups in total. The quantitative estimate of drug-likeness (QED) is 0.0438. The Bertz CT molecular complexity index is 3170. The molecular formula is C58H81N15O6. The van der Waals surface area contributed by atoms with Crippen LogP contribution in [0, 0.1) is 11.8 Å². The van der Waals surface area contributed by atoms with Crippen LogP contribution in [0.25, 0.3) is 27.7 Å². The number of hydrogen-bond acceptors (Lipinski definition) is 10. The molecule has 6 aromatic rings. The predicted molar refractivity (Wildman–Crippen MR) is 309 cm³/mol. The molecule has 0 spiro atoms. The van der Waals surface area contributed by atoms with E-state index in [1.54, 1.807) is 88.9 Å². The largest absolute Gasteiger partial charge is 0.366 e. The SMILES string of the molecule is CC(C)CCn1cc(-c2c(C(N)=O)n(-c3cc(C(=O)Nc4cc(C(=O)NCCCN5CCN(C)CC5)n(C)c4)n(CCC(C)C)c3)c3ccc(C(N)=O)cc23)cc1C(=O)Nc1cc(C(=O)NCCCN2CCN(C)CC2)n(C)c1. The molecule has 0 unspecified atom stereocenters. The van der Waals surface area contributed by atoms with Gasteiger partial charge >= 0.3 is 0 Å². The van der Waals surface area contributed by atoms with Crippen LogP contribution in [-0.4, -0.2) is 171 Å². The fourth-order valence-electron chi connectivity index (χ4n) is 10.5. The van der Waals surface area contributed by atoms with Gasteiger partial charge in [0.1, 0.15) is 28.5 Å². The van der Waals surface area contributed by atoms with Crippen molar-refractivity contribution in [3.05, 3.63) is 101 Å². The Morgan fingerprint density at radius 2 is 1.01 bits per heavy atom. The maximum Gasteiger partial charge on any atom is 0.272 e. The van der Waals surface area contributed by atoms with Crippen molar-refractivity contribution in [3.63, 3.8) is 0 Å². The van der Waals surface area contributed by atoms with Gasteiger partial charge in [0.25, 0.3) is 29.5 Å². The first-order chi connectivity index (χ1) is 37.7. The van der Waals surface area contributed by atoms with Crippen LogP contribution < -0.4 is 32.7 Å². The average Bonchev–Trinajstić information content (AvgIpc) is 4.45. The second-order valence-electron chi connectivity index (χ2n) is 22.3. The fourth-order valence-corrected chi connectivity index (χ4v) is 10.5. The number of likely N-dealkylation sites (N-methyl/N-ethyl adjacent to an activating group) is 2. The summed E-state index contributed by atoms with van der Waals surface area (Å²) in [7, 11) is 7.77. The second-order valence-corrected chi connectivity index (χ2v) is 22.3. The van der Waals surface area contributed by atoms with Crippen molar-refractivity contribution in [3.8, 4) is 16.8 Å². The molecule has 0 bridgehead atoms. The van der Waals surface area contributed by atoms with Crippen molar-refractivity contribution in [2.45, 2.75) is 66.5 Å². The van der Waals surface area contributed by atoms with Gasteiger partial charge in [-0.3, -0.25) is 28.8 Å². The number of fused-ring (bicyclic) bond motifs is 1. The highest BCUT2D eigenvalue weighted by Crippen LogP contribution is 2.39. The average molecular weight is 1080 g/mol. The van der Waals surface area contributed by atoms with Crippen molar-refractivity contribution in [1.82, 2.24) is 53.1 Å². The van der Waals surface area contributed by atoms with Crippen molar-refractivity contribution in [2.24, 2.45) is 37.4 Å². The van der Waals surface area contributed by atoms with Crippen LogP contribution >= 0.6 is 0 Å². The van der Waals surface area contributed by atoms with Crippen molar-refractivity contribution < 1.29 is 28.8 Å². The number of primary amides is 2. The first-order valence-corrected chi connectivity index (χ1v) is 27.8. The molecule has 79 heavy (non-hydrogen) atoms.